The number of hydrogen-bond acceptors (Lipinski definition) is 3. The molecule has 0 bridgehead atoms. The lowest BCUT2D eigenvalue weighted by atomic mass is 10.4. The van der Waals surface area contributed by atoms with E-state index < -0.39 is 18.6 Å². The van der Waals surface area contributed by atoms with Crippen molar-refractivity contribution in [3.8, 4) is 0 Å². The Morgan fingerprint density at radius 2 is 2.12 bits per heavy atom. The van der Waals surface area contributed by atoms with E-state index in [1.165, 1.54) is 18.3 Å². The Balaban J connectivity index is 2.19. The Hall–Kier alpha value is -1.37. The molecule has 0 unspecified atom stereocenters. The number of ether oxygens (including phenoxy) is 1. The van der Waals surface area contributed by atoms with E-state index in [9.17, 15) is 17.6 Å². The fraction of sp³-hybridized carbons (Fsp3) is 0.444. The quantitative estimate of drug-likeness (QED) is 0.630. The van der Waals surface area contributed by atoms with Gasteiger partial charge in [0.05, 0.1) is 6.61 Å². The van der Waals surface area contributed by atoms with Crippen molar-refractivity contribution in [2.24, 2.45) is 0 Å². The van der Waals surface area contributed by atoms with E-state index in [-0.39, 0.29) is 19.0 Å². The zero-order valence-electron chi connectivity index (χ0n) is 8.22. The van der Waals surface area contributed by atoms with Crippen molar-refractivity contribution < 1.29 is 22.3 Å². The summed E-state index contributed by atoms with van der Waals surface area (Å²) in [5, 5.41) is 2.52. The van der Waals surface area contributed by atoms with Crippen LogP contribution < -0.4 is 5.32 Å². The minimum absolute atomic E-state index is 0.00175. The van der Waals surface area contributed by atoms with E-state index in [0.29, 0.717) is 0 Å². The highest BCUT2D eigenvalue weighted by atomic mass is 19.4. The fourth-order valence-electron chi connectivity index (χ4n) is 0.945. The molecule has 0 saturated carbocycles. The van der Waals surface area contributed by atoms with Gasteiger partial charge in [-0.05, 0) is 12.1 Å². The molecule has 16 heavy (non-hydrogen) atoms. The van der Waals surface area contributed by atoms with Crippen molar-refractivity contribution >= 4 is 5.82 Å². The zero-order valence-corrected chi connectivity index (χ0v) is 8.22. The molecule has 1 rings (SSSR count). The molecule has 3 nitrogen and oxygen atoms in total. The van der Waals surface area contributed by atoms with Crippen molar-refractivity contribution in [1.29, 1.82) is 0 Å². The summed E-state index contributed by atoms with van der Waals surface area (Å²) in [5.74, 6) is -0.559. The van der Waals surface area contributed by atoms with E-state index in [4.69, 9.17) is 0 Å². The van der Waals surface area contributed by atoms with Crippen LogP contribution in [0.25, 0.3) is 0 Å². The van der Waals surface area contributed by atoms with Crippen LogP contribution in [0.1, 0.15) is 0 Å². The third-order valence-electron chi connectivity index (χ3n) is 1.56. The monoisotopic (exact) mass is 238 g/mol. The van der Waals surface area contributed by atoms with Gasteiger partial charge in [-0.3, -0.25) is 0 Å². The average Bonchev–Trinajstić information content (AvgIpc) is 2.18. The molecule has 0 radical (unpaired) electrons. The molecule has 1 aromatic rings. The number of aromatic nitrogens is 1. The Labute approximate surface area is 89.4 Å². The molecule has 1 aromatic heterocycles. The van der Waals surface area contributed by atoms with Gasteiger partial charge in [0.1, 0.15) is 6.61 Å². The Kier molecular flexibility index (Phi) is 4.48. The number of hydrogen-bond donors (Lipinski definition) is 1. The molecule has 1 N–H and O–H groups in total. The highest BCUT2D eigenvalue weighted by Crippen LogP contribution is 2.14. The molecule has 1 heterocycles. The second-order valence-corrected chi connectivity index (χ2v) is 2.93. The molecule has 0 aliphatic carbocycles. The molecule has 7 heteroatoms. The smallest absolute Gasteiger partial charge is 0.370 e. The molecule has 90 valence electrons. The lowest BCUT2D eigenvalue weighted by molar-refractivity contribution is -0.172. The van der Waals surface area contributed by atoms with E-state index in [1.807, 2.05) is 0 Å². The first-order chi connectivity index (χ1) is 7.49. The molecule has 0 aliphatic rings. The maximum Gasteiger partial charge on any atom is 0.411 e. The Morgan fingerprint density at radius 1 is 1.38 bits per heavy atom. The van der Waals surface area contributed by atoms with Crippen molar-refractivity contribution in [3.05, 3.63) is 24.1 Å². The first-order valence-corrected chi connectivity index (χ1v) is 4.48. The third kappa shape index (κ3) is 4.92. The number of halogens is 4. The summed E-state index contributed by atoms with van der Waals surface area (Å²) >= 11 is 0. The van der Waals surface area contributed by atoms with Gasteiger partial charge < -0.3 is 10.1 Å². The van der Waals surface area contributed by atoms with Crippen LogP contribution in [-0.4, -0.2) is 30.9 Å². The second-order valence-electron chi connectivity index (χ2n) is 2.93. The Morgan fingerprint density at radius 3 is 2.75 bits per heavy atom. The van der Waals surface area contributed by atoms with Gasteiger partial charge in [-0.15, -0.1) is 0 Å². The van der Waals surface area contributed by atoms with E-state index >= 15 is 0 Å². The summed E-state index contributed by atoms with van der Waals surface area (Å²) in [5.41, 5.74) is 0. The Bertz CT molecular complexity index is 330. The number of nitrogens with zero attached hydrogens (tertiary/aromatic N) is 1. The average molecular weight is 238 g/mol. The number of pyridine rings is 1. The predicted molar refractivity (Wildman–Crippen MR) is 49.6 cm³/mol. The second kappa shape index (κ2) is 5.64. The summed E-state index contributed by atoms with van der Waals surface area (Å²) in [6.07, 6.45) is -2.96. The van der Waals surface area contributed by atoms with Crippen molar-refractivity contribution in [2.45, 2.75) is 6.18 Å². The lowest BCUT2D eigenvalue weighted by Crippen LogP contribution is -2.20. The summed E-state index contributed by atoms with van der Waals surface area (Å²) in [7, 11) is 0. The third-order valence-corrected chi connectivity index (χ3v) is 1.56. The van der Waals surface area contributed by atoms with Crippen LogP contribution in [0, 0.1) is 5.82 Å². The topological polar surface area (TPSA) is 34.2 Å². The van der Waals surface area contributed by atoms with E-state index in [1.54, 1.807) is 0 Å². The molecule has 0 fully saturated rings. The van der Waals surface area contributed by atoms with E-state index in [2.05, 4.69) is 15.0 Å². The predicted octanol–water partition coefficient (Wildman–Crippen LogP) is 2.21. The normalized spacial score (nSPS) is 11.5. The molecular formula is C9H10F4N2O. The SMILES string of the molecule is Fc1cccnc1NCCOCC(F)(F)F. The van der Waals surface area contributed by atoms with Crippen molar-refractivity contribution in [2.75, 3.05) is 25.1 Å². The van der Waals surface area contributed by atoms with Gasteiger partial charge in [-0.25, -0.2) is 9.37 Å². The summed E-state index contributed by atoms with van der Waals surface area (Å²) in [4.78, 5) is 3.66. The number of alkyl halides is 3. The van der Waals surface area contributed by atoms with Crippen LogP contribution in [0.15, 0.2) is 18.3 Å². The first-order valence-electron chi connectivity index (χ1n) is 4.48. The maximum absolute atomic E-state index is 12.9. The molecule has 0 aliphatic heterocycles. The zero-order chi connectivity index (χ0) is 12.0. The van der Waals surface area contributed by atoms with Crippen LogP contribution in [0.3, 0.4) is 0 Å². The highest BCUT2D eigenvalue weighted by Gasteiger charge is 2.27. The lowest BCUT2D eigenvalue weighted by Gasteiger charge is -2.08. The summed E-state index contributed by atoms with van der Waals surface area (Å²) in [6, 6.07) is 2.62. The fourth-order valence-corrected chi connectivity index (χ4v) is 0.945. The van der Waals surface area contributed by atoms with Crippen LogP contribution in [-0.2, 0) is 4.74 Å². The van der Waals surface area contributed by atoms with E-state index in [0.717, 1.165) is 0 Å². The summed E-state index contributed by atoms with van der Waals surface area (Å²) < 4.78 is 52.2. The van der Waals surface area contributed by atoms with Gasteiger partial charge in [0.2, 0.25) is 0 Å². The van der Waals surface area contributed by atoms with Gasteiger partial charge in [-0.1, -0.05) is 0 Å². The number of anilines is 1. The van der Waals surface area contributed by atoms with Crippen molar-refractivity contribution in [1.82, 2.24) is 4.98 Å². The minimum Gasteiger partial charge on any atom is -0.370 e. The minimum atomic E-state index is -4.34. The first kappa shape index (κ1) is 12.7. The molecule has 0 amide bonds. The highest BCUT2D eigenvalue weighted by molar-refractivity contribution is 5.35. The molecule has 0 saturated heterocycles. The number of rotatable bonds is 5. The largest absolute Gasteiger partial charge is 0.411 e. The van der Waals surface area contributed by atoms with Crippen LogP contribution in [0.4, 0.5) is 23.4 Å². The molecule has 0 atom stereocenters. The van der Waals surface area contributed by atoms with Crippen LogP contribution in [0.2, 0.25) is 0 Å². The van der Waals surface area contributed by atoms with Crippen LogP contribution >= 0.6 is 0 Å². The van der Waals surface area contributed by atoms with Gasteiger partial charge in [0.25, 0.3) is 0 Å². The van der Waals surface area contributed by atoms with Gasteiger partial charge >= 0.3 is 6.18 Å². The molecule has 0 spiro atoms. The molecular weight excluding hydrogens is 228 g/mol. The van der Waals surface area contributed by atoms with Gasteiger partial charge in [0, 0.05) is 12.7 Å². The summed E-state index contributed by atoms with van der Waals surface area (Å²) in [6.45, 7) is -1.42. The van der Waals surface area contributed by atoms with Gasteiger partial charge in [0.15, 0.2) is 11.6 Å². The molecule has 0 aromatic carbocycles. The standard InChI is InChI=1S/C9H10F4N2O/c10-7-2-1-3-14-8(7)15-4-5-16-6-9(11,12)13/h1-3H,4-6H2,(H,14,15). The number of nitrogens with one attached hydrogen (secondary N) is 1. The van der Waals surface area contributed by atoms with Crippen LogP contribution in [0.5, 0.6) is 0 Å². The van der Waals surface area contributed by atoms with Crippen molar-refractivity contribution in [3.63, 3.8) is 0 Å². The van der Waals surface area contributed by atoms with Gasteiger partial charge in [-0.2, -0.15) is 13.2 Å². The maximum atomic E-state index is 12.9.